The number of nitrogens with zero attached hydrogens (tertiary/aromatic N) is 2. The average Bonchev–Trinajstić information content (AvgIpc) is 3.26. The maximum Gasteiger partial charge on any atom is 0.283 e. The Hall–Kier alpha value is -3.97. The van der Waals surface area contributed by atoms with Gasteiger partial charge in [0.25, 0.3) is 5.91 Å². The van der Waals surface area contributed by atoms with Crippen LogP contribution >= 0.6 is 11.8 Å². The van der Waals surface area contributed by atoms with E-state index in [1.807, 2.05) is 35.7 Å². The maximum atomic E-state index is 13.8. The number of thioether (sulfide) groups is 1. The van der Waals surface area contributed by atoms with Gasteiger partial charge in [0.1, 0.15) is 24.0 Å². The van der Waals surface area contributed by atoms with Gasteiger partial charge in [-0.25, -0.2) is 4.39 Å². The number of benzene rings is 3. The first-order valence-corrected chi connectivity index (χ1v) is 11.1. The predicted molar refractivity (Wildman–Crippen MR) is 129 cm³/mol. The smallest absolute Gasteiger partial charge is 0.283 e. The van der Waals surface area contributed by atoms with E-state index in [1.165, 1.54) is 17.8 Å². The maximum absolute atomic E-state index is 13.8. The van der Waals surface area contributed by atoms with Crippen LogP contribution in [-0.4, -0.2) is 21.8 Å². The summed E-state index contributed by atoms with van der Waals surface area (Å²) in [4.78, 5) is 18.5. The Morgan fingerprint density at radius 3 is 2.48 bits per heavy atom. The number of carbonyl (C=O) groups is 1. The van der Waals surface area contributed by atoms with Gasteiger partial charge in [-0.15, -0.1) is 0 Å². The van der Waals surface area contributed by atoms with Crippen molar-refractivity contribution in [3.8, 4) is 5.75 Å². The van der Waals surface area contributed by atoms with Crippen LogP contribution in [0.25, 0.3) is 11.8 Å². The zero-order chi connectivity index (χ0) is 22.8. The lowest BCUT2D eigenvalue weighted by Crippen LogP contribution is -2.38. The fraction of sp³-hybridized carbons (Fsp3) is 0.0385. The third kappa shape index (κ3) is 4.23. The molecule has 7 heteroatoms. The topological polar surface area (TPSA) is 65.8 Å². The van der Waals surface area contributed by atoms with Gasteiger partial charge in [0, 0.05) is 11.0 Å². The fourth-order valence-corrected chi connectivity index (χ4v) is 4.41. The third-order valence-electron chi connectivity index (χ3n) is 5.23. The molecule has 33 heavy (non-hydrogen) atoms. The summed E-state index contributed by atoms with van der Waals surface area (Å²) < 4.78 is 19.4. The Bertz CT molecular complexity index is 1330. The standard InChI is InChI=1S/C26H18FN3O2S/c27-22-9-5-4-8-19(22)15-32-20-12-10-17(11-13-20)14-21-24(28)30-23(18-6-2-1-3-7-18)16-33-26(30)29-25(21)31/h1-14,16,28H,15H2. The molecule has 0 unspecified atom stereocenters. The van der Waals surface area contributed by atoms with Crippen molar-refractivity contribution in [2.45, 2.75) is 6.61 Å². The number of nitrogens with one attached hydrogen (secondary N) is 1. The van der Waals surface area contributed by atoms with Gasteiger partial charge in [0.2, 0.25) is 0 Å². The predicted octanol–water partition coefficient (Wildman–Crippen LogP) is 5.71. The van der Waals surface area contributed by atoms with E-state index >= 15 is 0 Å². The van der Waals surface area contributed by atoms with Gasteiger partial charge in [-0.1, -0.05) is 72.4 Å². The van der Waals surface area contributed by atoms with Crippen LogP contribution in [0.15, 0.2) is 94.8 Å². The molecule has 1 N–H and O–H groups in total. The Labute approximate surface area is 194 Å². The van der Waals surface area contributed by atoms with Crippen LogP contribution in [0.4, 0.5) is 4.39 Å². The SMILES string of the molecule is N=C1C(=Cc2ccc(OCc3ccccc3F)cc2)C(=O)N=C2SC=C(c3ccccc3)N12. The molecule has 2 aliphatic heterocycles. The van der Waals surface area contributed by atoms with Gasteiger partial charge >= 0.3 is 0 Å². The minimum atomic E-state index is -0.443. The summed E-state index contributed by atoms with van der Waals surface area (Å²) in [5.74, 6) is -0.0839. The molecule has 0 saturated carbocycles. The van der Waals surface area contributed by atoms with Crippen LogP contribution in [0.5, 0.6) is 5.75 Å². The van der Waals surface area contributed by atoms with Gasteiger partial charge in [-0.3, -0.25) is 15.1 Å². The number of hydrogen-bond acceptors (Lipinski definition) is 4. The van der Waals surface area contributed by atoms with Gasteiger partial charge < -0.3 is 4.74 Å². The quantitative estimate of drug-likeness (QED) is 0.501. The van der Waals surface area contributed by atoms with Crippen LogP contribution in [-0.2, 0) is 11.4 Å². The van der Waals surface area contributed by atoms with Gasteiger partial charge in [0.15, 0.2) is 5.17 Å². The first-order valence-electron chi connectivity index (χ1n) is 10.2. The lowest BCUT2D eigenvalue weighted by atomic mass is 10.1. The van der Waals surface area contributed by atoms with Crippen LogP contribution in [0, 0.1) is 11.2 Å². The monoisotopic (exact) mass is 455 g/mol. The molecule has 3 aromatic rings. The summed E-state index contributed by atoms with van der Waals surface area (Å²) in [6.07, 6.45) is 1.65. The van der Waals surface area contributed by atoms with Crippen molar-refractivity contribution in [3.05, 3.63) is 112 Å². The minimum absolute atomic E-state index is 0.0879. The summed E-state index contributed by atoms with van der Waals surface area (Å²) in [6.45, 7) is 0.120. The lowest BCUT2D eigenvalue weighted by molar-refractivity contribution is -0.114. The Morgan fingerprint density at radius 2 is 1.73 bits per heavy atom. The molecular weight excluding hydrogens is 437 g/mol. The summed E-state index contributed by atoms with van der Waals surface area (Å²) in [5.41, 5.74) is 3.19. The zero-order valence-corrected chi connectivity index (χ0v) is 18.2. The molecule has 0 spiro atoms. The fourth-order valence-electron chi connectivity index (χ4n) is 3.52. The lowest BCUT2D eigenvalue weighted by Gasteiger charge is -2.26. The third-order valence-corrected chi connectivity index (χ3v) is 6.05. The number of carbonyl (C=O) groups excluding carboxylic acids is 1. The number of hydrogen-bond donors (Lipinski definition) is 1. The summed E-state index contributed by atoms with van der Waals surface area (Å²) in [5, 5.41) is 11.1. The Balaban J connectivity index is 1.35. The molecule has 3 aromatic carbocycles. The molecule has 0 bridgehead atoms. The van der Waals surface area contributed by atoms with E-state index in [0.717, 1.165) is 16.8 Å². The molecule has 5 rings (SSSR count). The summed E-state index contributed by atoms with van der Waals surface area (Å²) >= 11 is 1.33. The minimum Gasteiger partial charge on any atom is -0.489 e. The molecular formula is C26H18FN3O2S. The largest absolute Gasteiger partial charge is 0.489 e. The number of halogens is 1. The van der Waals surface area contributed by atoms with Crippen molar-refractivity contribution in [2.75, 3.05) is 0 Å². The van der Waals surface area contributed by atoms with E-state index in [-0.39, 0.29) is 23.8 Å². The van der Waals surface area contributed by atoms with E-state index in [2.05, 4.69) is 4.99 Å². The second-order valence-electron chi connectivity index (χ2n) is 7.38. The normalized spacial score (nSPS) is 16.5. The number of aliphatic imine (C=N–C) groups is 1. The number of fused-ring (bicyclic) bond motifs is 1. The van der Waals surface area contributed by atoms with E-state index in [4.69, 9.17) is 10.1 Å². The molecule has 2 heterocycles. The second-order valence-corrected chi connectivity index (χ2v) is 8.21. The van der Waals surface area contributed by atoms with E-state index < -0.39 is 5.91 Å². The number of amidine groups is 2. The first-order chi connectivity index (χ1) is 16.1. The molecule has 1 amide bonds. The van der Waals surface area contributed by atoms with Crippen LogP contribution in [0.2, 0.25) is 0 Å². The molecule has 2 aliphatic rings. The van der Waals surface area contributed by atoms with Gasteiger partial charge in [-0.2, -0.15) is 4.99 Å². The zero-order valence-electron chi connectivity index (χ0n) is 17.4. The molecule has 0 atom stereocenters. The molecule has 0 radical (unpaired) electrons. The molecule has 0 saturated heterocycles. The Kier molecular flexibility index (Phi) is 5.62. The molecule has 162 valence electrons. The number of rotatable bonds is 5. The molecule has 0 fully saturated rings. The van der Waals surface area contributed by atoms with Crippen LogP contribution in [0.3, 0.4) is 0 Å². The highest BCUT2D eigenvalue weighted by Crippen LogP contribution is 2.37. The highest BCUT2D eigenvalue weighted by atomic mass is 32.2. The van der Waals surface area contributed by atoms with Crippen molar-refractivity contribution >= 4 is 40.4 Å². The average molecular weight is 456 g/mol. The summed E-state index contributed by atoms with van der Waals surface area (Å²) in [7, 11) is 0. The van der Waals surface area contributed by atoms with E-state index in [1.54, 1.807) is 53.4 Å². The molecule has 5 nitrogen and oxygen atoms in total. The van der Waals surface area contributed by atoms with Crippen molar-refractivity contribution in [3.63, 3.8) is 0 Å². The molecule has 0 aliphatic carbocycles. The van der Waals surface area contributed by atoms with Crippen molar-refractivity contribution in [1.29, 1.82) is 5.41 Å². The van der Waals surface area contributed by atoms with Crippen molar-refractivity contribution in [1.82, 2.24) is 4.90 Å². The van der Waals surface area contributed by atoms with E-state index in [9.17, 15) is 9.18 Å². The highest BCUT2D eigenvalue weighted by molar-refractivity contribution is 8.17. The highest BCUT2D eigenvalue weighted by Gasteiger charge is 2.36. The van der Waals surface area contributed by atoms with Crippen LogP contribution < -0.4 is 4.74 Å². The van der Waals surface area contributed by atoms with Gasteiger partial charge in [-0.05, 0) is 35.4 Å². The number of amides is 1. The van der Waals surface area contributed by atoms with E-state index in [0.29, 0.717) is 16.5 Å². The number of ether oxygens (including phenoxy) is 1. The first kappa shape index (κ1) is 20.9. The van der Waals surface area contributed by atoms with Crippen molar-refractivity contribution in [2.24, 2.45) is 4.99 Å². The van der Waals surface area contributed by atoms with Crippen molar-refractivity contribution < 1.29 is 13.9 Å². The van der Waals surface area contributed by atoms with Crippen LogP contribution in [0.1, 0.15) is 16.7 Å². The Morgan fingerprint density at radius 1 is 1.00 bits per heavy atom. The molecule has 0 aromatic heterocycles. The summed E-state index contributed by atoms with van der Waals surface area (Å²) in [6, 6.07) is 23.3. The second kappa shape index (κ2) is 8.88. The van der Waals surface area contributed by atoms with Gasteiger partial charge in [0.05, 0.1) is 11.3 Å².